The Morgan fingerprint density at radius 2 is 1.74 bits per heavy atom. The molecule has 192 valence electrons. The predicted molar refractivity (Wildman–Crippen MR) is 146 cm³/mol. The Hall–Kier alpha value is -4.44. The van der Waals surface area contributed by atoms with E-state index in [1.807, 2.05) is 46.2 Å². The van der Waals surface area contributed by atoms with E-state index in [4.69, 9.17) is 15.2 Å². The molecule has 0 spiro atoms. The van der Waals surface area contributed by atoms with Crippen LogP contribution in [-0.4, -0.2) is 77.6 Å². The van der Waals surface area contributed by atoms with Gasteiger partial charge < -0.3 is 9.80 Å². The molecule has 0 saturated carbocycles. The number of hydrogen-bond donors (Lipinski definition) is 0. The lowest BCUT2D eigenvalue weighted by Gasteiger charge is -2.31. The van der Waals surface area contributed by atoms with Crippen LogP contribution in [0, 0.1) is 0 Å². The Labute approximate surface area is 221 Å². The fourth-order valence-corrected chi connectivity index (χ4v) is 4.60. The second-order valence-electron chi connectivity index (χ2n) is 9.47. The molecule has 38 heavy (non-hydrogen) atoms. The minimum Gasteiger partial charge on any atom is -0.337 e. The Balaban J connectivity index is 1.19. The molecule has 0 N–H and O–H groups in total. The van der Waals surface area contributed by atoms with Crippen LogP contribution in [0.25, 0.3) is 28.2 Å². The lowest BCUT2D eigenvalue weighted by atomic mass is 10.1. The van der Waals surface area contributed by atoms with Gasteiger partial charge in [0.05, 0.1) is 11.4 Å². The first-order chi connectivity index (χ1) is 18.7. The number of benzene rings is 1. The van der Waals surface area contributed by atoms with Crippen molar-refractivity contribution in [3.63, 3.8) is 0 Å². The first-order valence-corrected chi connectivity index (χ1v) is 12.9. The first kappa shape index (κ1) is 23.9. The summed E-state index contributed by atoms with van der Waals surface area (Å²) in [5.41, 5.74) is 5.77. The van der Waals surface area contributed by atoms with Gasteiger partial charge in [0.25, 0.3) is 0 Å². The number of anilines is 1. The number of likely N-dealkylation sites (N-methyl/N-ethyl adjacent to an activating group) is 1. The van der Waals surface area contributed by atoms with Crippen LogP contribution >= 0.6 is 0 Å². The highest BCUT2D eigenvalue weighted by Crippen LogP contribution is 2.29. The van der Waals surface area contributed by atoms with Crippen molar-refractivity contribution in [3.05, 3.63) is 85.0 Å². The summed E-state index contributed by atoms with van der Waals surface area (Å²) >= 11 is 0. The van der Waals surface area contributed by atoms with Crippen LogP contribution in [0.4, 0.5) is 5.95 Å². The van der Waals surface area contributed by atoms with Gasteiger partial charge in [-0.3, -0.25) is 9.67 Å². The summed E-state index contributed by atoms with van der Waals surface area (Å²) in [6.07, 6.45) is 9.87. The van der Waals surface area contributed by atoms with E-state index in [1.54, 1.807) is 12.5 Å². The average molecular weight is 507 g/mol. The second kappa shape index (κ2) is 10.5. The molecule has 0 atom stereocenters. The number of pyridine rings is 1. The summed E-state index contributed by atoms with van der Waals surface area (Å²) in [4.78, 5) is 22.8. The third-order valence-electron chi connectivity index (χ3n) is 6.83. The molecule has 5 heterocycles. The van der Waals surface area contributed by atoms with Gasteiger partial charge in [0.15, 0.2) is 0 Å². The average Bonchev–Trinajstić information content (AvgIpc) is 3.63. The second-order valence-corrected chi connectivity index (χ2v) is 9.47. The molecule has 1 fully saturated rings. The molecule has 1 saturated heterocycles. The van der Waals surface area contributed by atoms with Crippen molar-refractivity contribution in [3.8, 4) is 28.2 Å². The lowest BCUT2D eigenvalue weighted by molar-refractivity contribution is 0.311. The smallest absolute Gasteiger partial charge is 0.245 e. The van der Waals surface area contributed by atoms with E-state index in [-0.39, 0.29) is 0 Å². The molecule has 0 bridgehead atoms. The number of aryl methyl sites for hydroxylation is 1. The van der Waals surface area contributed by atoms with Crippen molar-refractivity contribution in [2.45, 2.75) is 19.9 Å². The summed E-state index contributed by atoms with van der Waals surface area (Å²) in [5.74, 6) is 1.54. The van der Waals surface area contributed by atoms with Crippen molar-refractivity contribution in [2.24, 2.45) is 0 Å². The minimum absolute atomic E-state index is 0.627. The van der Waals surface area contributed by atoms with Crippen LogP contribution < -0.4 is 4.90 Å². The molecule has 6 rings (SSSR count). The molecule has 5 aromatic rings. The maximum Gasteiger partial charge on any atom is 0.245 e. The summed E-state index contributed by atoms with van der Waals surface area (Å²) < 4.78 is 3.76. The van der Waals surface area contributed by atoms with E-state index >= 15 is 0 Å². The lowest BCUT2D eigenvalue weighted by Crippen LogP contribution is -2.45. The summed E-state index contributed by atoms with van der Waals surface area (Å²) in [5, 5.41) is 9.47. The third-order valence-corrected chi connectivity index (χ3v) is 6.83. The van der Waals surface area contributed by atoms with Crippen molar-refractivity contribution in [2.75, 3.05) is 38.1 Å². The van der Waals surface area contributed by atoms with Crippen molar-refractivity contribution < 1.29 is 0 Å². The van der Waals surface area contributed by atoms with Gasteiger partial charge in [-0.1, -0.05) is 12.1 Å². The molecule has 1 aromatic carbocycles. The summed E-state index contributed by atoms with van der Waals surface area (Å²) in [7, 11) is 2.14. The SMILES string of the molecule is CCn1cc(-c2ccnc(Cc3ccc(-n4cnc(N5CCN(C)CC5)n4)cc3)n2)c(-c2cccnc2)n1. The summed E-state index contributed by atoms with van der Waals surface area (Å²) in [6.45, 7) is 6.80. The molecule has 10 heteroatoms. The van der Waals surface area contributed by atoms with Crippen LogP contribution in [0.15, 0.2) is 73.6 Å². The molecule has 1 aliphatic heterocycles. The monoisotopic (exact) mass is 506 g/mol. The van der Waals surface area contributed by atoms with Gasteiger partial charge in [0.2, 0.25) is 5.95 Å². The highest BCUT2D eigenvalue weighted by Gasteiger charge is 2.18. The number of piperazine rings is 1. The zero-order valence-corrected chi connectivity index (χ0v) is 21.6. The molecule has 4 aromatic heterocycles. The normalized spacial score (nSPS) is 14.2. The zero-order chi connectivity index (χ0) is 25.9. The van der Waals surface area contributed by atoms with Crippen molar-refractivity contribution in [1.29, 1.82) is 0 Å². The van der Waals surface area contributed by atoms with Gasteiger partial charge in [-0.15, -0.1) is 5.10 Å². The van der Waals surface area contributed by atoms with Gasteiger partial charge in [-0.2, -0.15) is 10.1 Å². The Bertz CT molecular complexity index is 1500. The van der Waals surface area contributed by atoms with E-state index in [0.29, 0.717) is 6.42 Å². The van der Waals surface area contributed by atoms with Gasteiger partial charge in [-0.05, 0) is 49.9 Å². The van der Waals surface area contributed by atoms with E-state index in [1.165, 1.54) is 0 Å². The first-order valence-electron chi connectivity index (χ1n) is 12.9. The molecule has 0 amide bonds. The van der Waals surface area contributed by atoms with E-state index < -0.39 is 0 Å². The number of nitrogens with zero attached hydrogens (tertiary/aromatic N) is 10. The third kappa shape index (κ3) is 5.03. The highest BCUT2D eigenvalue weighted by atomic mass is 15.4. The fourth-order valence-electron chi connectivity index (χ4n) is 4.60. The van der Waals surface area contributed by atoms with E-state index in [0.717, 1.165) is 78.3 Å². The maximum absolute atomic E-state index is 4.89. The topological polar surface area (TPSA) is 93.7 Å². The Morgan fingerprint density at radius 3 is 2.50 bits per heavy atom. The molecule has 1 aliphatic rings. The predicted octanol–water partition coefficient (Wildman–Crippen LogP) is 3.35. The standard InChI is InChI=1S/C28H30N10/c1-3-37-19-24(27(33-37)22-5-4-11-29-18-22)25-10-12-30-26(32-25)17-21-6-8-23(9-7-21)38-20-31-28(34-38)36-15-13-35(2)14-16-36/h4-12,18-20H,3,13-17H2,1-2H3. The van der Waals surface area contributed by atoms with Crippen LogP contribution in [0.1, 0.15) is 18.3 Å². The molecule has 0 unspecified atom stereocenters. The quantitative estimate of drug-likeness (QED) is 0.332. The van der Waals surface area contributed by atoms with Crippen LogP contribution in [0.2, 0.25) is 0 Å². The van der Waals surface area contributed by atoms with Crippen LogP contribution in [-0.2, 0) is 13.0 Å². The van der Waals surface area contributed by atoms with Crippen LogP contribution in [0.5, 0.6) is 0 Å². The van der Waals surface area contributed by atoms with E-state index in [9.17, 15) is 0 Å². The molecule has 10 nitrogen and oxygen atoms in total. The largest absolute Gasteiger partial charge is 0.337 e. The highest BCUT2D eigenvalue weighted by molar-refractivity contribution is 5.78. The number of hydrogen-bond acceptors (Lipinski definition) is 8. The van der Waals surface area contributed by atoms with Gasteiger partial charge in [0, 0.05) is 75.1 Å². The van der Waals surface area contributed by atoms with Crippen LogP contribution in [0.3, 0.4) is 0 Å². The van der Waals surface area contributed by atoms with Gasteiger partial charge >= 0.3 is 0 Å². The van der Waals surface area contributed by atoms with Crippen molar-refractivity contribution >= 4 is 5.95 Å². The van der Waals surface area contributed by atoms with Gasteiger partial charge in [-0.25, -0.2) is 14.6 Å². The minimum atomic E-state index is 0.627. The Morgan fingerprint density at radius 1 is 0.895 bits per heavy atom. The van der Waals surface area contributed by atoms with Crippen molar-refractivity contribution in [1.82, 2.24) is 44.4 Å². The molecule has 0 aliphatic carbocycles. The molecular formula is C28H30N10. The van der Waals surface area contributed by atoms with E-state index in [2.05, 4.69) is 63.0 Å². The Kier molecular flexibility index (Phi) is 6.62. The number of rotatable bonds is 7. The van der Waals surface area contributed by atoms with Gasteiger partial charge in [0.1, 0.15) is 17.8 Å². The maximum atomic E-state index is 4.89. The molecular weight excluding hydrogens is 476 g/mol. The fraction of sp³-hybridized carbons (Fsp3) is 0.286. The zero-order valence-electron chi connectivity index (χ0n) is 21.6. The number of aromatic nitrogens is 8. The summed E-state index contributed by atoms with van der Waals surface area (Å²) in [6, 6.07) is 14.2. The molecule has 0 radical (unpaired) electrons.